The molecular weight excluding hydrogens is 549 g/mol. The van der Waals surface area contributed by atoms with E-state index < -0.39 is 29.3 Å². The van der Waals surface area contributed by atoms with Crippen LogP contribution in [0.4, 0.5) is 14.9 Å². The number of hydrogen-bond donors (Lipinski definition) is 1. The van der Waals surface area contributed by atoms with E-state index in [2.05, 4.69) is 10.3 Å². The zero-order chi connectivity index (χ0) is 28.9. The van der Waals surface area contributed by atoms with Crippen LogP contribution in [0.3, 0.4) is 0 Å². The molecule has 41 heavy (non-hydrogen) atoms. The number of amides is 3. The van der Waals surface area contributed by atoms with Crippen LogP contribution in [0.15, 0.2) is 61.1 Å². The van der Waals surface area contributed by atoms with Gasteiger partial charge >= 0.3 is 12.0 Å². The van der Waals surface area contributed by atoms with Gasteiger partial charge in [0.2, 0.25) is 5.91 Å². The third-order valence-electron chi connectivity index (χ3n) is 8.85. The summed E-state index contributed by atoms with van der Waals surface area (Å²) in [6.07, 6.45) is 6.56. The number of rotatable bonds is 5. The average Bonchev–Trinajstić information content (AvgIpc) is 3.00. The predicted octanol–water partition coefficient (Wildman–Crippen LogP) is 4.77. The Bertz CT molecular complexity index is 1510. The third kappa shape index (κ3) is 4.32. The minimum atomic E-state index is -0.876. The number of carbonyl (C=O) groups excluding carboxylic acids is 3. The van der Waals surface area contributed by atoms with Crippen LogP contribution in [0.1, 0.15) is 37.9 Å². The van der Waals surface area contributed by atoms with E-state index in [0.717, 1.165) is 11.1 Å². The lowest BCUT2D eigenvalue weighted by molar-refractivity contribution is -0.152. The highest BCUT2D eigenvalue weighted by atomic mass is 35.5. The van der Waals surface area contributed by atoms with Crippen molar-refractivity contribution in [2.75, 3.05) is 18.6 Å². The van der Waals surface area contributed by atoms with Gasteiger partial charge in [0.05, 0.1) is 29.3 Å². The number of methoxy groups -OCH3 is 1. The lowest BCUT2D eigenvalue weighted by Gasteiger charge is -2.61. The van der Waals surface area contributed by atoms with Crippen molar-refractivity contribution in [1.82, 2.24) is 20.2 Å². The first-order chi connectivity index (χ1) is 19.8. The number of aromatic nitrogens is 2. The van der Waals surface area contributed by atoms with Gasteiger partial charge in [-0.3, -0.25) is 14.8 Å². The first-order valence-corrected chi connectivity index (χ1v) is 14.0. The number of benzene rings is 1. The van der Waals surface area contributed by atoms with Gasteiger partial charge in [-0.15, -0.1) is 0 Å². The number of anilines is 1. The van der Waals surface area contributed by atoms with Crippen LogP contribution in [-0.2, 0) is 14.3 Å². The normalized spacial score (nSPS) is 27.2. The molecule has 3 aromatic rings. The van der Waals surface area contributed by atoms with Gasteiger partial charge in [-0.2, -0.15) is 0 Å². The molecule has 1 spiro atoms. The van der Waals surface area contributed by atoms with Gasteiger partial charge in [0.15, 0.2) is 0 Å². The second-order valence-electron chi connectivity index (χ2n) is 10.8. The van der Waals surface area contributed by atoms with E-state index in [0.29, 0.717) is 37.2 Å². The van der Waals surface area contributed by atoms with Crippen LogP contribution < -0.4 is 10.2 Å². The number of esters is 1. The fourth-order valence-corrected chi connectivity index (χ4v) is 6.99. The fourth-order valence-electron chi connectivity index (χ4n) is 6.82. The van der Waals surface area contributed by atoms with Crippen LogP contribution in [-0.4, -0.2) is 58.5 Å². The van der Waals surface area contributed by atoms with E-state index in [-0.39, 0.29) is 28.9 Å². The Morgan fingerprint density at radius 1 is 1.17 bits per heavy atom. The largest absolute Gasteiger partial charge is 0.467 e. The highest BCUT2D eigenvalue weighted by Crippen LogP contribution is 2.59. The number of carbonyl (C=O) groups is 3. The van der Waals surface area contributed by atoms with Gasteiger partial charge in [0.25, 0.3) is 0 Å². The van der Waals surface area contributed by atoms with Crippen LogP contribution in [0, 0.1) is 17.2 Å². The highest BCUT2D eigenvalue weighted by Gasteiger charge is 2.66. The van der Waals surface area contributed by atoms with Gasteiger partial charge in [-0.05, 0) is 61.2 Å². The van der Waals surface area contributed by atoms with Crippen LogP contribution in [0.2, 0.25) is 5.02 Å². The fraction of sp³-hybridized carbons (Fsp3) is 0.367. The number of β-lactam (4-membered cyclic amide) rings is 1. The summed E-state index contributed by atoms with van der Waals surface area (Å²) in [6.45, 7) is 2.31. The predicted molar refractivity (Wildman–Crippen MR) is 149 cm³/mol. The number of urea groups is 1. The molecule has 0 aliphatic carbocycles. The molecule has 3 aliphatic rings. The van der Waals surface area contributed by atoms with E-state index in [1.54, 1.807) is 28.4 Å². The molecule has 5 atom stereocenters. The Morgan fingerprint density at radius 3 is 2.61 bits per heavy atom. The number of hydrogen-bond acceptors (Lipinski definition) is 6. The number of pyridine rings is 2. The number of nitrogens with zero attached hydrogens (tertiary/aromatic N) is 4. The third-order valence-corrected chi connectivity index (χ3v) is 9.14. The molecule has 212 valence electrons. The Morgan fingerprint density at radius 2 is 1.95 bits per heavy atom. The number of ether oxygens (including phenoxy) is 1. The number of nitrogens with one attached hydrogen (secondary N) is 1. The van der Waals surface area contributed by atoms with Crippen molar-refractivity contribution in [2.24, 2.45) is 11.3 Å². The highest BCUT2D eigenvalue weighted by molar-refractivity contribution is 6.31. The van der Waals surface area contributed by atoms with Crippen LogP contribution in [0.25, 0.3) is 11.1 Å². The van der Waals surface area contributed by atoms with Crippen LogP contribution >= 0.6 is 11.6 Å². The molecule has 3 saturated heterocycles. The standard InChI is InChI=1S/C30H29ClFN5O4/c1-3-20-24-15-30(10-13-36(24)29(40)35-25(20)27(38)41-2)26(37(28(30)39)19-5-6-22(32)21(31)14-19)23-7-4-18(16-34-23)17-8-11-33-12-9-17/h4-9,11-12,14,16,20,24-26H,3,10,13,15H2,1-2H3,(H,35,40)/t20-,24?,25+,26?,30?/m1/s1. The average molecular weight is 578 g/mol. The maximum atomic E-state index is 14.2. The van der Waals surface area contributed by atoms with Gasteiger partial charge < -0.3 is 19.9 Å². The molecule has 0 saturated carbocycles. The van der Waals surface area contributed by atoms with Crippen molar-refractivity contribution >= 4 is 35.2 Å². The minimum absolute atomic E-state index is 0.0817. The second-order valence-corrected chi connectivity index (χ2v) is 11.2. The van der Waals surface area contributed by atoms with Crippen molar-refractivity contribution < 1.29 is 23.5 Å². The van der Waals surface area contributed by atoms with Gasteiger partial charge in [-0.1, -0.05) is 24.6 Å². The molecule has 0 radical (unpaired) electrons. The topological polar surface area (TPSA) is 105 Å². The minimum Gasteiger partial charge on any atom is -0.467 e. The van der Waals surface area contributed by atoms with E-state index in [4.69, 9.17) is 21.3 Å². The van der Waals surface area contributed by atoms with Crippen LogP contribution in [0.5, 0.6) is 0 Å². The summed E-state index contributed by atoms with van der Waals surface area (Å²) in [5, 5.41) is 2.72. The number of halogens is 2. The molecule has 5 heterocycles. The van der Waals surface area contributed by atoms with Crippen molar-refractivity contribution in [2.45, 2.75) is 44.3 Å². The zero-order valence-corrected chi connectivity index (χ0v) is 23.3. The van der Waals surface area contributed by atoms with Crippen molar-refractivity contribution in [1.29, 1.82) is 0 Å². The molecule has 9 nitrogen and oxygen atoms in total. The molecule has 3 unspecified atom stereocenters. The molecular formula is C30H29ClFN5O4. The lowest BCUT2D eigenvalue weighted by atomic mass is 9.59. The lowest BCUT2D eigenvalue weighted by Crippen LogP contribution is -2.73. The summed E-state index contributed by atoms with van der Waals surface area (Å²) in [5.41, 5.74) is 2.13. The summed E-state index contributed by atoms with van der Waals surface area (Å²) >= 11 is 6.12. The summed E-state index contributed by atoms with van der Waals surface area (Å²) in [6, 6.07) is 9.90. The summed E-state index contributed by atoms with van der Waals surface area (Å²) in [4.78, 5) is 52.1. The van der Waals surface area contributed by atoms with Crippen molar-refractivity contribution in [3.05, 3.63) is 77.6 Å². The number of piperidine rings is 1. The molecule has 0 bridgehead atoms. The Balaban J connectivity index is 1.41. The molecule has 2 aromatic heterocycles. The Labute approximate surface area is 241 Å². The summed E-state index contributed by atoms with van der Waals surface area (Å²) in [5.74, 6) is -1.46. The van der Waals surface area contributed by atoms with E-state index in [1.807, 2.05) is 31.2 Å². The molecule has 11 heteroatoms. The van der Waals surface area contributed by atoms with Gasteiger partial charge in [0, 0.05) is 48.3 Å². The maximum Gasteiger partial charge on any atom is 0.328 e. The molecule has 1 aromatic carbocycles. The number of fused-ring (bicyclic) bond motifs is 1. The van der Waals surface area contributed by atoms with Crippen molar-refractivity contribution in [3.8, 4) is 11.1 Å². The van der Waals surface area contributed by atoms with Gasteiger partial charge in [-0.25, -0.2) is 14.0 Å². The molecule has 1 N–H and O–H groups in total. The first kappa shape index (κ1) is 27.1. The monoisotopic (exact) mass is 577 g/mol. The Kier molecular flexibility index (Phi) is 6.89. The zero-order valence-electron chi connectivity index (χ0n) is 22.6. The van der Waals surface area contributed by atoms with Crippen molar-refractivity contribution in [3.63, 3.8) is 0 Å². The van der Waals surface area contributed by atoms with E-state index in [1.165, 1.54) is 25.3 Å². The Hall–Kier alpha value is -4.05. The maximum absolute atomic E-state index is 14.2. The SMILES string of the molecule is CC[C@@H]1C2CC3(CCN2C(=O)N[C@@H]1C(=O)OC)C(=O)N(c1ccc(F)c(Cl)c1)C3c1ccc(-c2ccncc2)cn1. The molecule has 3 aliphatic heterocycles. The molecule has 6 rings (SSSR count). The van der Waals surface area contributed by atoms with E-state index in [9.17, 15) is 18.8 Å². The van der Waals surface area contributed by atoms with E-state index >= 15 is 0 Å². The quantitative estimate of drug-likeness (QED) is 0.346. The second kappa shape index (κ2) is 10.4. The summed E-state index contributed by atoms with van der Waals surface area (Å²) < 4.78 is 19.0. The van der Waals surface area contributed by atoms with Gasteiger partial charge in [0.1, 0.15) is 11.9 Å². The smallest absolute Gasteiger partial charge is 0.328 e. The molecule has 3 fully saturated rings. The first-order valence-electron chi connectivity index (χ1n) is 13.6. The molecule has 3 amide bonds. The summed E-state index contributed by atoms with van der Waals surface area (Å²) in [7, 11) is 1.30.